The van der Waals surface area contributed by atoms with Crippen molar-refractivity contribution >= 4 is 28.1 Å². The van der Waals surface area contributed by atoms with Crippen LogP contribution in [0.25, 0.3) is 0 Å². The third-order valence-electron chi connectivity index (χ3n) is 4.19. The summed E-state index contributed by atoms with van der Waals surface area (Å²) in [7, 11) is 3.98. The highest BCUT2D eigenvalue weighted by atomic mass is 32.1. The molecule has 0 bridgehead atoms. The SMILES string of the molecule is CN(C)c1ccc(C(=O)NCC2CCCN2c2nccs2)cc1. The van der Waals surface area contributed by atoms with E-state index in [4.69, 9.17) is 0 Å². The quantitative estimate of drug-likeness (QED) is 0.915. The van der Waals surface area contributed by atoms with Crippen LogP contribution in [-0.2, 0) is 0 Å². The molecule has 0 spiro atoms. The highest BCUT2D eigenvalue weighted by Crippen LogP contribution is 2.26. The molecular weight excluding hydrogens is 308 g/mol. The zero-order chi connectivity index (χ0) is 16.2. The molecule has 1 fully saturated rings. The first-order valence-corrected chi connectivity index (χ1v) is 8.75. The molecule has 1 aliphatic rings. The smallest absolute Gasteiger partial charge is 0.251 e. The molecule has 3 rings (SSSR count). The monoisotopic (exact) mass is 330 g/mol. The molecule has 5 nitrogen and oxygen atoms in total. The number of benzene rings is 1. The van der Waals surface area contributed by atoms with E-state index in [9.17, 15) is 4.79 Å². The van der Waals surface area contributed by atoms with Crippen molar-refractivity contribution in [3.8, 4) is 0 Å². The Hall–Kier alpha value is -2.08. The lowest BCUT2D eigenvalue weighted by atomic mass is 10.1. The van der Waals surface area contributed by atoms with Crippen LogP contribution in [0.5, 0.6) is 0 Å². The van der Waals surface area contributed by atoms with Gasteiger partial charge in [0, 0.05) is 56.1 Å². The summed E-state index contributed by atoms with van der Waals surface area (Å²) < 4.78 is 0. The maximum Gasteiger partial charge on any atom is 0.251 e. The van der Waals surface area contributed by atoms with Gasteiger partial charge < -0.3 is 15.1 Å². The lowest BCUT2D eigenvalue weighted by Crippen LogP contribution is -2.40. The fourth-order valence-corrected chi connectivity index (χ4v) is 3.62. The van der Waals surface area contributed by atoms with Gasteiger partial charge in [0.2, 0.25) is 0 Å². The first-order valence-electron chi connectivity index (χ1n) is 7.87. The predicted octanol–water partition coefficient (Wildman–Crippen LogP) is 2.61. The number of nitrogens with one attached hydrogen (secondary N) is 1. The number of amides is 1. The van der Waals surface area contributed by atoms with E-state index in [1.54, 1.807) is 11.3 Å². The Morgan fingerprint density at radius 2 is 2.17 bits per heavy atom. The molecule has 1 aromatic carbocycles. The van der Waals surface area contributed by atoms with Gasteiger partial charge >= 0.3 is 0 Å². The summed E-state index contributed by atoms with van der Waals surface area (Å²) in [4.78, 5) is 21.0. The minimum Gasteiger partial charge on any atom is -0.378 e. The van der Waals surface area contributed by atoms with Gasteiger partial charge in [-0.2, -0.15) is 0 Å². The molecule has 1 N–H and O–H groups in total. The third-order valence-corrected chi connectivity index (χ3v) is 4.99. The molecule has 6 heteroatoms. The fraction of sp³-hybridized carbons (Fsp3) is 0.412. The Balaban J connectivity index is 1.58. The molecule has 0 radical (unpaired) electrons. The Kier molecular flexibility index (Phi) is 4.81. The van der Waals surface area contributed by atoms with Gasteiger partial charge in [0.1, 0.15) is 0 Å². The van der Waals surface area contributed by atoms with Gasteiger partial charge in [-0.3, -0.25) is 4.79 Å². The number of hydrogen-bond donors (Lipinski definition) is 1. The lowest BCUT2D eigenvalue weighted by molar-refractivity contribution is 0.0951. The zero-order valence-corrected chi connectivity index (χ0v) is 14.3. The van der Waals surface area contributed by atoms with Crippen LogP contribution in [0.1, 0.15) is 23.2 Å². The third kappa shape index (κ3) is 3.64. The molecule has 1 saturated heterocycles. The van der Waals surface area contributed by atoms with Crippen LogP contribution in [0.15, 0.2) is 35.8 Å². The van der Waals surface area contributed by atoms with Crippen LogP contribution in [0.4, 0.5) is 10.8 Å². The summed E-state index contributed by atoms with van der Waals surface area (Å²) in [6, 6.07) is 8.01. The van der Waals surface area contributed by atoms with Crippen molar-refractivity contribution in [3.63, 3.8) is 0 Å². The van der Waals surface area contributed by atoms with Gasteiger partial charge in [0.25, 0.3) is 5.91 Å². The number of nitrogens with zero attached hydrogens (tertiary/aromatic N) is 3. The normalized spacial score (nSPS) is 17.3. The first-order chi connectivity index (χ1) is 11.1. The standard InChI is InChI=1S/C17H22N4OS/c1-20(2)14-7-5-13(6-8-14)16(22)19-12-15-4-3-10-21(15)17-18-9-11-23-17/h5-9,11,15H,3-4,10,12H2,1-2H3,(H,19,22). The predicted molar refractivity (Wildman–Crippen MR) is 95.6 cm³/mol. The fourth-order valence-electron chi connectivity index (χ4n) is 2.88. The number of carbonyl (C=O) groups is 1. The van der Waals surface area contributed by atoms with E-state index in [0.29, 0.717) is 18.2 Å². The van der Waals surface area contributed by atoms with Crippen molar-refractivity contribution in [1.82, 2.24) is 10.3 Å². The Labute approximate surface area is 140 Å². The Morgan fingerprint density at radius 3 is 2.83 bits per heavy atom. The summed E-state index contributed by atoms with van der Waals surface area (Å²) >= 11 is 1.66. The summed E-state index contributed by atoms with van der Waals surface area (Å²) in [5.41, 5.74) is 1.79. The molecule has 1 amide bonds. The van der Waals surface area contributed by atoms with E-state index in [0.717, 1.165) is 30.2 Å². The van der Waals surface area contributed by atoms with Crippen molar-refractivity contribution in [2.24, 2.45) is 0 Å². The highest BCUT2D eigenvalue weighted by Gasteiger charge is 2.26. The van der Waals surface area contributed by atoms with E-state index in [2.05, 4.69) is 15.2 Å². The van der Waals surface area contributed by atoms with E-state index >= 15 is 0 Å². The Bertz CT molecular complexity index is 639. The molecule has 0 aliphatic carbocycles. The van der Waals surface area contributed by atoms with Gasteiger partial charge in [-0.25, -0.2) is 4.98 Å². The molecule has 0 saturated carbocycles. The summed E-state index contributed by atoms with van der Waals surface area (Å²) in [5, 5.41) is 6.11. The van der Waals surface area contributed by atoms with Crippen LogP contribution in [-0.4, -0.2) is 44.1 Å². The Morgan fingerprint density at radius 1 is 1.39 bits per heavy atom. The maximum atomic E-state index is 12.3. The number of thiazole rings is 1. The molecule has 2 aromatic rings. The number of aromatic nitrogens is 1. The topological polar surface area (TPSA) is 48.5 Å². The molecule has 1 atom stereocenters. The van der Waals surface area contributed by atoms with Crippen molar-refractivity contribution < 1.29 is 4.79 Å². The first kappa shape index (κ1) is 15.8. The zero-order valence-electron chi connectivity index (χ0n) is 13.5. The highest BCUT2D eigenvalue weighted by molar-refractivity contribution is 7.13. The molecule has 2 heterocycles. The second-order valence-electron chi connectivity index (χ2n) is 5.96. The second kappa shape index (κ2) is 7.00. The number of carbonyl (C=O) groups excluding carboxylic acids is 1. The van der Waals surface area contributed by atoms with Crippen LogP contribution >= 0.6 is 11.3 Å². The van der Waals surface area contributed by atoms with Crippen molar-refractivity contribution in [1.29, 1.82) is 0 Å². The average Bonchev–Trinajstić information content (AvgIpc) is 3.23. The average molecular weight is 330 g/mol. The van der Waals surface area contributed by atoms with Crippen LogP contribution in [0.3, 0.4) is 0 Å². The minimum atomic E-state index is -0.0127. The van der Waals surface area contributed by atoms with Crippen molar-refractivity contribution in [2.45, 2.75) is 18.9 Å². The minimum absolute atomic E-state index is 0.0127. The molecule has 122 valence electrons. The van der Waals surface area contributed by atoms with E-state index < -0.39 is 0 Å². The van der Waals surface area contributed by atoms with Gasteiger partial charge in [0.05, 0.1) is 0 Å². The number of rotatable bonds is 5. The van der Waals surface area contributed by atoms with E-state index in [1.807, 2.05) is 54.8 Å². The molecule has 1 aliphatic heterocycles. The van der Waals surface area contributed by atoms with Gasteiger partial charge in [-0.1, -0.05) is 0 Å². The van der Waals surface area contributed by atoms with E-state index in [1.165, 1.54) is 0 Å². The van der Waals surface area contributed by atoms with Crippen molar-refractivity contribution in [2.75, 3.05) is 37.0 Å². The van der Waals surface area contributed by atoms with Gasteiger partial charge in [0.15, 0.2) is 5.13 Å². The second-order valence-corrected chi connectivity index (χ2v) is 6.83. The van der Waals surface area contributed by atoms with Gasteiger partial charge in [-0.05, 0) is 37.1 Å². The molecule has 1 unspecified atom stereocenters. The summed E-state index contributed by atoms with van der Waals surface area (Å²) in [5.74, 6) is -0.0127. The summed E-state index contributed by atoms with van der Waals surface area (Å²) in [6.45, 7) is 1.68. The number of hydrogen-bond acceptors (Lipinski definition) is 5. The molecular formula is C17H22N4OS. The summed E-state index contributed by atoms with van der Waals surface area (Å²) in [6.07, 6.45) is 4.08. The lowest BCUT2D eigenvalue weighted by Gasteiger charge is -2.24. The largest absolute Gasteiger partial charge is 0.378 e. The van der Waals surface area contributed by atoms with Gasteiger partial charge in [-0.15, -0.1) is 11.3 Å². The molecule has 1 aromatic heterocycles. The van der Waals surface area contributed by atoms with Crippen LogP contribution in [0.2, 0.25) is 0 Å². The van der Waals surface area contributed by atoms with Crippen molar-refractivity contribution in [3.05, 3.63) is 41.4 Å². The van der Waals surface area contributed by atoms with Crippen LogP contribution < -0.4 is 15.1 Å². The maximum absolute atomic E-state index is 12.3. The number of anilines is 2. The van der Waals surface area contributed by atoms with Crippen LogP contribution in [0, 0.1) is 0 Å². The molecule has 23 heavy (non-hydrogen) atoms. The van der Waals surface area contributed by atoms with E-state index in [-0.39, 0.29) is 5.91 Å².